The van der Waals surface area contributed by atoms with Gasteiger partial charge in [-0.2, -0.15) is 0 Å². The van der Waals surface area contributed by atoms with E-state index in [0.717, 1.165) is 48.8 Å². The lowest BCUT2D eigenvalue weighted by molar-refractivity contribution is 0.0663. The molecule has 4 rings (SSSR count). The fourth-order valence-electron chi connectivity index (χ4n) is 3.86. The van der Waals surface area contributed by atoms with E-state index in [9.17, 15) is 5.11 Å². The van der Waals surface area contributed by atoms with Crippen LogP contribution in [0.15, 0.2) is 66.7 Å². The third-order valence-corrected chi connectivity index (χ3v) is 5.43. The summed E-state index contributed by atoms with van der Waals surface area (Å²) in [5.41, 5.74) is 1.13. The Kier molecular flexibility index (Phi) is 6.17. The Morgan fingerprint density at radius 2 is 1.62 bits per heavy atom. The number of benzene rings is 3. The maximum atomic E-state index is 10.4. The van der Waals surface area contributed by atoms with Gasteiger partial charge in [0.25, 0.3) is 0 Å². The van der Waals surface area contributed by atoms with Crippen LogP contribution in [0.25, 0.3) is 10.8 Å². The molecule has 1 saturated heterocycles. The zero-order chi connectivity index (χ0) is 20.1. The highest BCUT2D eigenvalue weighted by molar-refractivity contribution is 5.83. The number of methoxy groups -OCH3 is 1. The number of hydrogen-bond acceptors (Lipinski definition) is 5. The number of nitrogens with zero attached hydrogens (tertiary/aromatic N) is 2. The maximum Gasteiger partial charge on any atom is 0.142 e. The second kappa shape index (κ2) is 9.16. The van der Waals surface area contributed by atoms with Gasteiger partial charge in [-0.05, 0) is 35.0 Å². The molecule has 152 valence electrons. The first kappa shape index (κ1) is 19.6. The molecule has 0 amide bonds. The standard InChI is InChI=1S/C24H28N2O3/c1-28-24-9-5-4-8-23(24)26-14-12-25(13-15-26)17-21(27)18-29-22-11-10-19-6-2-3-7-20(19)16-22/h2-11,16,21,27H,12-15,17-18H2,1H3/t21-/m0/s1. The van der Waals surface area contributed by atoms with E-state index >= 15 is 0 Å². The van der Waals surface area contributed by atoms with E-state index in [1.807, 2.05) is 48.5 Å². The minimum absolute atomic E-state index is 0.297. The number of aliphatic hydroxyl groups excluding tert-OH is 1. The summed E-state index contributed by atoms with van der Waals surface area (Å²) >= 11 is 0. The number of β-amino-alcohol motifs (C(OH)–C–C–N with tert-alkyl or cyclic N) is 1. The molecule has 3 aromatic carbocycles. The summed E-state index contributed by atoms with van der Waals surface area (Å²) in [4.78, 5) is 4.63. The summed E-state index contributed by atoms with van der Waals surface area (Å²) in [6, 6.07) is 22.4. The molecule has 0 aliphatic carbocycles. The number of rotatable bonds is 7. The van der Waals surface area contributed by atoms with E-state index < -0.39 is 6.10 Å². The fraction of sp³-hybridized carbons (Fsp3) is 0.333. The Balaban J connectivity index is 1.25. The molecule has 0 bridgehead atoms. The molecular weight excluding hydrogens is 364 g/mol. The second-order valence-electron chi connectivity index (χ2n) is 7.43. The third-order valence-electron chi connectivity index (χ3n) is 5.43. The minimum Gasteiger partial charge on any atom is -0.495 e. The molecule has 1 N–H and O–H groups in total. The Labute approximate surface area is 172 Å². The predicted octanol–water partition coefficient (Wildman–Crippen LogP) is 3.41. The SMILES string of the molecule is COc1ccccc1N1CCN(C[C@H](O)COc2ccc3ccccc3c2)CC1. The Bertz CT molecular complexity index is 938. The van der Waals surface area contributed by atoms with Gasteiger partial charge in [-0.1, -0.05) is 42.5 Å². The first-order valence-electron chi connectivity index (χ1n) is 10.1. The van der Waals surface area contributed by atoms with Gasteiger partial charge >= 0.3 is 0 Å². The van der Waals surface area contributed by atoms with Crippen molar-refractivity contribution in [2.75, 3.05) is 51.3 Å². The highest BCUT2D eigenvalue weighted by Gasteiger charge is 2.21. The van der Waals surface area contributed by atoms with Gasteiger partial charge in [0.1, 0.15) is 24.2 Å². The van der Waals surface area contributed by atoms with Gasteiger partial charge in [-0.15, -0.1) is 0 Å². The summed E-state index contributed by atoms with van der Waals surface area (Å²) in [7, 11) is 1.71. The van der Waals surface area contributed by atoms with Crippen molar-refractivity contribution in [1.29, 1.82) is 0 Å². The molecule has 3 aromatic rings. The van der Waals surface area contributed by atoms with Gasteiger partial charge in [0, 0.05) is 32.7 Å². The largest absolute Gasteiger partial charge is 0.495 e. The number of hydrogen-bond donors (Lipinski definition) is 1. The average Bonchev–Trinajstić information content (AvgIpc) is 2.78. The molecule has 1 heterocycles. The normalized spacial score (nSPS) is 16.0. The topological polar surface area (TPSA) is 45.2 Å². The van der Waals surface area contributed by atoms with Crippen molar-refractivity contribution in [1.82, 2.24) is 4.90 Å². The first-order valence-corrected chi connectivity index (χ1v) is 10.1. The number of para-hydroxylation sites is 2. The molecule has 29 heavy (non-hydrogen) atoms. The lowest BCUT2D eigenvalue weighted by Crippen LogP contribution is -2.49. The predicted molar refractivity (Wildman–Crippen MR) is 117 cm³/mol. The van der Waals surface area contributed by atoms with Crippen molar-refractivity contribution in [2.45, 2.75) is 6.10 Å². The summed E-state index contributed by atoms with van der Waals surface area (Å²) in [6.45, 7) is 4.56. The van der Waals surface area contributed by atoms with E-state index in [2.05, 4.69) is 28.0 Å². The molecule has 1 atom stereocenters. The first-order chi connectivity index (χ1) is 14.2. The van der Waals surface area contributed by atoms with Crippen LogP contribution < -0.4 is 14.4 Å². The van der Waals surface area contributed by atoms with Crippen molar-refractivity contribution >= 4 is 16.5 Å². The smallest absolute Gasteiger partial charge is 0.142 e. The number of fused-ring (bicyclic) bond motifs is 1. The van der Waals surface area contributed by atoms with E-state index in [-0.39, 0.29) is 0 Å². The van der Waals surface area contributed by atoms with Gasteiger partial charge in [-0.3, -0.25) is 4.90 Å². The van der Waals surface area contributed by atoms with Crippen LogP contribution >= 0.6 is 0 Å². The summed E-state index contributed by atoms with van der Waals surface area (Å²) in [5.74, 6) is 1.70. The molecule has 0 spiro atoms. The van der Waals surface area contributed by atoms with Gasteiger partial charge in [0.05, 0.1) is 12.8 Å². The summed E-state index contributed by atoms with van der Waals surface area (Å²) in [5, 5.41) is 12.8. The van der Waals surface area contributed by atoms with Gasteiger partial charge < -0.3 is 19.5 Å². The van der Waals surface area contributed by atoms with E-state index in [1.165, 1.54) is 5.39 Å². The molecule has 1 fully saturated rings. The maximum absolute atomic E-state index is 10.4. The molecule has 1 aliphatic heterocycles. The van der Waals surface area contributed by atoms with Crippen LogP contribution in [0.2, 0.25) is 0 Å². The van der Waals surface area contributed by atoms with Crippen molar-refractivity contribution in [3.8, 4) is 11.5 Å². The van der Waals surface area contributed by atoms with Crippen molar-refractivity contribution in [3.63, 3.8) is 0 Å². The molecule has 0 radical (unpaired) electrons. The Hall–Kier alpha value is -2.76. The van der Waals surface area contributed by atoms with E-state index in [0.29, 0.717) is 13.2 Å². The summed E-state index contributed by atoms with van der Waals surface area (Å²) < 4.78 is 11.3. The van der Waals surface area contributed by atoms with Crippen molar-refractivity contribution < 1.29 is 14.6 Å². The Morgan fingerprint density at radius 3 is 2.41 bits per heavy atom. The van der Waals surface area contributed by atoms with Crippen molar-refractivity contribution in [3.05, 3.63) is 66.7 Å². The minimum atomic E-state index is -0.515. The highest BCUT2D eigenvalue weighted by atomic mass is 16.5. The van der Waals surface area contributed by atoms with Crippen LogP contribution in [0, 0.1) is 0 Å². The van der Waals surface area contributed by atoms with Crippen molar-refractivity contribution in [2.24, 2.45) is 0 Å². The van der Waals surface area contributed by atoms with Crippen LogP contribution in [0.4, 0.5) is 5.69 Å². The van der Waals surface area contributed by atoms with Crippen LogP contribution in [0.5, 0.6) is 11.5 Å². The highest BCUT2D eigenvalue weighted by Crippen LogP contribution is 2.28. The van der Waals surface area contributed by atoms with Crippen LogP contribution in [-0.2, 0) is 0 Å². The monoisotopic (exact) mass is 392 g/mol. The average molecular weight is 392 g/mol. The van der Waals surface area contributed by atoms with Gasteiger partial charge in [0.2, 0.25) is 0 Å². The molecule has 5 nitrogen and oxygen atoms in total. The van der Waals surface area contributed by atoms with E-state index in [4.69, 9.17) is 9.47 Å². The van der Waals surface area contributed by atoms with Crippen LogP contribution in [-0.4, -0.2) is 62.6 Å². The fourth-order valence-corrected chi connectivity index (χ4v) is 3.86. The quantitative estimate of drug-likeness (QED) is 0.668. The van der Waals surface area contributed by atoms with E-state index in [1.54, 1.807) is 7.11 Å². The molecule has 5 heteroatoms. The van der Waals surface area contributed by atoms with Gasteiger partial charge in [0.15, 0.2) is 0 Å². The molecule has 0 aromatic heterocycles. The lowest BCUT2D eigenvalue weighted by Gasteiger charge is -2.37. The number of piperazine rings is 1. The Morgan fingerprint density at radius 1 is 0.897 bits per heavy atom. The zero-order valence-electron chi connectivity index (χ0n) is 16.8. The molecular formula is C24H28N2O3. The number of ether oxygens (including phenoxy) is 2. The summed E-state index contributed by atoms with van der Waals surface area (Å²) in [6.07, 6.45) is -0.515. The van der Waals surface area contributed by atoms with Gasteiger partial charge in [-0.25, -0.2) is 0 Å². The molecule has 0 saturated carbocycles. The zero-order valence-corrected chi connectivity index (χ0v) is 16.8. The lowest BCUT2D eigenvalue weighted by atomic mass is 10.1. The molecule has 1 aliphatic rings. The number of aliphatic hydroxyl groups is 1. The van der Waals surface area contributed by atoms with Crippen LogP contribution in [0.1, 0.15) is 0 Å². The second-order valence-corrected chi connectivity index (χ2v) is 7.43. The third kappa shape index (κ3) is 4.81. The van der Waals surface area contributed by atoms with Crippen LogP contribution in [0.3, 0.4) is 0 Å². The number of anilines is 1. The molecule has 0 unspecified atom stereocenters.